The number of ether oxygens (including phenoxy) is 1. The highest BCUT2D eigenvalue weighted by Crippen LogP contribution is 2.52. The second kappa shape index (κ2) is 8.09. The molecule has 0 atom stereocenters. The first-order valence-electron chi connectivity index (χ1n) is 11.4. The van der Waals surface area contributed by atoms with Gasteiger partial charge in [-0.3, -0.25) is 14.8 Å². The molecule has 8 heteroatoms. The van der Waals surface area contributed by atoms with E-state index in [1.54, 1.807) is 36.7 Å². The fraction of sp³-hybridized carbons (Fsp3) is 0.400. The number of fused-ring (bicyclic) bond motifs is 1. The molecule has 7 nitrogen and oxygen atoms in total. The van der Waals surface area contributed by atoms with Gasteiger partial charge in [0.1, 0.15) is 5.75 Å². The normalized spacial score (nSPS) is 17.5. The molecule has 0 radical (unpaired) electrons. The van der Waals surface area contributed by atoms with Crippen LogP contribution in [0.2, 0.25) is 0 Å². The van der Waals surface area contributed by atoms with Crippen LogP contribution in [0.1, 0.15) is 63.1 Å². The van der Waals surface area contributed by atoms with Gasteiger partial charge < -0.3 is 4.74 Å². The molecular formula is C25H27N3O4S. The minimum Gasteiger partial charge on any atom is -0.489 e. The van der Waals surface area contributed by atoms with E-state index in [2.05, 4.69) is 14.7 Å². The Hall–Kier alpha value is -3.00. The molecule has 1 N–H and O–H groups in total. The first-order valence-corrected chi connectivity index (χ1v) is 12.9. The summed E-state index contributed by atoms with van der Waals surface area (Å²) in [5.41, 5.74) is 1.32. The fourth-order valence-electron chi connectivity index (χ4n) is 4.44. The Balaban J connectivity index is 1.50. The molecule has 0 unspecified atom stereocenters. The van der Waals surface area contributed by atoms with Gasteiger partial charge in [-0.1, -0.05) is 12.5 Å². The van der Waals surface area contributed by atoms with Crippen LogP contribution in [-0.4, -0.2) is 30.4 Å². The number of carbonyl (C=O) groups is 1. The molecule has 2 aromatic heterocycles. The first-order chi connectivity index (χ1) is 15.8. The molecule has 1 aromatic carbocycles. The maximum Gasteiger partial charge on any atom is 0.264 e. The third-order valence-corrected chi connectivity index (χ3v) is 7.99. The average molecular weight is 466 g/mol. The Bertz CT molecular complexity index is 1320. The lowest BCUT2D eigenvalue weighted by atomic mass is 9.81. The zero-order valence-corrected chi connectivity index (χ0v) is 19.6. The molecule has 1 amide bonds. The summed E-state index contributed by atoms with van der Waals surface area (Å²) in [4.78, 5) is 22.3. The molecule has 5 rings (SSSR count). The molecule has 0 aliphatic heterocycles. The number of rotatable bonds is 7. The van der Waals surface area contributed by atoms with E-state index in [1.807, 2.05) is 19.9 Å². The lowest BCUT2D eigenvalue weighted by Gasteiger charge is -2.27. The number of sulfonamides is 1. The van der Waals surface area contributed by atoms with E-state index in [4.69, 9.17) is 4.74 Å². The maximum atomic E-state index is 13.5. The second-order valence-electron chi connectivity index (χ2n) is 9.24. The highest BCUT2D eigenvalue weighted by atomic mass is 32.2. The van der Waals surface area contributed by atoms with E-state index in [9.17, 15) is 13.2 Å². The number of pyridine rings is 2. The van der Waals surface area contributed by atoms with Crippen LogP contribution in [0.3, 0.4) is 0 Å². The average Bonchev–Trinajstić information content (AvgIpc) is 3.54. The summed E-state index contributed by atoms with van der Waals surface area (Å²) >= 11 is 0. The van der Waals surface area contributed by atoms with Crippen molar-refractivity contribution >= 4 is 26.8 Å². The largest absolute Gasteiger partial charge is 0.489 e. The summed E-state index contributed by atoms with van der Waals surface area (Å²) in [6.45, 7) is 3.84. The van der Waals surface area contributed by atoms with E-state index < -0.39 is 21.3 Å². The van der Waals surface area contributed by atoms with Crippen molar-refractivity contribution < 1.29 is 17.9 Å². The van der Waals surface area contributed by atoms with Crippen molar-refractivity contribution in [2.24, 2.45) is 0 Å². The van der Waals surface area contributed by atoms with Crippen molar-refractivity contribution in [1.82, 2.24) is 14.7 Å². The Labute approximate surface area is 193 Å². The van der Waals surface area contributed by atoms with Crippen LogP contribution < -0.4 is 9.46 Å². The van der Waals surface area contributed by atoms with Crippen LogP contribution in [0.15, 0.2) is 53.7 Å². The highest BCUT2D eigenvalue weighted by Gasteiger charge is 2.54. The van der Waals surface area contributed by atoms with Gasteiger partial charge in [0.25, 0.3) is 10.0 Å². The lowest BCUT2D eigenvalue weighted by Crippen LogP contribution is -2.39. The zero-order valence-electron chi connectivity index (χ0n) is 18.7. The second-order valence-corrected chi connectivity index (χ2v) is 10.9. The Morgan fingerprint density at radius 2 is 1.94 bits per heavy atom. The van der Waals surface area contributed by atoms with E-state index in [1.165, 1.54) is 12.5 Å². The van der Waals surface area contributed by atoms with Crippen molar-refractivity contribution in [2.75, 3.05) is 0 Å². The minimum absolute atomic E-state index is 0.0424. The number of hydrogen-bond donors (Lipinski definition) is 1. The standard InChI is InChI=1S/C25H27N3O4S/c1-16(2)32-22-15-27-21(17-6-3-7-17)14-19(22)25(11-12-25)24(29)28-33(30,31)23-10-4-9-20-18(23)8-5-13-26-20/h4-5,8-10,13-17H,3,6-7,11-12H2,1-2H3,(H,28,29). The number of carbonyl (C=O) groups excluding carboxylic acids is 1. The molecule has 0 saturated heterocycles. The van der Waals surface area contributed by atoms with Gasteiger partial charge in [0.2, 0.25) is 5.91 Å². The van der Waals surface area contributed by atoms with Gasteiger partial charge in [0.05, 0.1) is 28.1 Å². The zero-order chi connectivity index (χ0) is 23.2. The molecule has 0 bridgehead atoms. The first kappa shape index (κ1) is 21.8. The van der Waals surface area contributed by atoms with Crippen LogP contribution in [0.25, 0.3) is 10.9 Å². The van der Waals surface area contributed by atoms with E-state index in [-0.39, 0.29) is 11.0 Å². The smallest absolute Gasteiger partial charge is 0.264 e. The summed E-state index contributed by atoms with van der Waals surface area (Å²) < 4.78 is 34.8. The number of hydrogen-bond acceptors (Lipinski definition) is 6. The van der Waals surface area contributed by atoms with Crippen molar-refractivity contribution in [3.05, 3.63) is 60.0 Å². The van der Waals surface area contributed by atoms with Crippen LogP contribution >= 0.6 is 0 Å². The molecule has 2 fully saturated rings. The quantitative estimate of drug-likeness (QED) is 0.561. The van der Waals surface area contributed by atoms with Crippen molar-refractivity contribution in [3.8, 4) is 5.75 Å². The fourth-order valence-corrected chi connectivity index (χ4v) is 5.71. The Morgan fingerprint density at radius 1 is 1.15 bits per heavy atom. The van der Waals surface area contributed by atoms with E-state index in [0.29, 0.717) is 35.4 Å². The topological polar surface area (TPSA) is 98.2 Å². The predicted octanol–water partition coefficient (Wildman–Crippen LogP) is 4.22. The Kier molecular flexibility index (Phi) is 5.35. The number of nitrogens with zero attached hydrogens (tertiary/aromatic N) is 2. The highest BCUT2D eigenvalue weighted by molar-refractivity contribution is 7.90. The minimum atomic E-state index is -4.09. The van der Waals surface area contributed by atoms with Crippen molar-refractivity contribution in [3.63, 3.8) is 0 Å². The van der Waals surface area contributed by atoms with Crippen molar-refractivity contribution in [1.29, 1.82) is 0 Å². The summed E-state index contributed by atoms with van der Waals surface area (Å²) in [6.07, 6.45) is 7.68. The maximum absolute atomic E-state index is 13.5. The monoisotopic (exact) mass is 465 g/mol. The molecule has 33 heavy (non-hydrogen) atoms. The summed E-state index contributed by atoms with van der Waals surface area (Å²) in [5, 5.41) is 0.477. The molecule has 3 aromatic rings. The lowest BCUT2D eigenvalue weighted by molar-refractivity contribution is -0.121. The SMILES string of the molecule is CC(C)Oc1cnc(C2CCC2)cc1C1(C(=O)NS(=O)(=O)c2cccc3ncccc23)CC1. The number of nitrogens with one attached hydrogen (secondary N) is 1. The number of amides is 1. The molecule has 172 valence electrons. The van der Waals surface area contributed by atoms with Gasteiger partial charge in [-0.05, 0) is 69.9 Å². The van der Waals surface area contributed by atoms with Gasteiger partial charge in [0.15, 0.2) is 0 Å². The molecule has 2 saturated carbocycles. The molecule has 2 aliphatic carbocycles. The summed E-state index contributed by atoms with van der Waals surface area (Å²) in [6, 6.07) is 10.2. The van der Waals surface area contributed by atoms with E-state index >= 15 is 0 Å². The summed E-state index contributed by atoms with van der Waals surface area (Å²) in [7, 11) is -4.09. The van der Waals surface area contributed by atoms with Gasteiger partial charge in [-0.2, -0.15) is 0 Å². The van der Waals surface area contributed by atoms with Gasteiger partial charge in [-0.15, -0.1) is 0 Å². The predicted molar refractivity (Wildman–Crippen MR) is 125 cm³/mol. The van der Waals surface area contributed by atoms with Gasteiger partial charge >= 0.3 is 0 Å². The molecule has 2 aliphatic rings. The molecular weight excluding hydrogens is 438 g/mol. The number of benzene rings is 1. The Morgan fingerprint density at radius 3 is 2.61 bits per heavy atom. The van der Waals surface area contributed by atoms with Crippen LogP contribution in [0.5, 0.6) is 5.75 Å². The van der Waals surface area contributed by atoms with Crippen LogP contribution in [0.4, 0.5) is 0 Å². The molecule has 2 heterocycles. The van der Waals surface area contributed by atoms with Gasteiger partial charge in [0, 0.05) is 28.8 Å². The van der Waals surface area contributed by atoms with Crippen molar-refractivity contribution in [2.45, 2.75) is 68.3 Å². The third kappa shape index (κ3) is 3.97. The summed E-state index contributed by atoms with van der Waals surface area (Å²) in [5.74, 6) is 0.415. The van der Waals surface area contributed by atoms with E-state index in [0.717, 1.165) is 24.1 Å². The van der Waals surface area contributed by atoms with Gasteiger partial charge in [-0.25, -0.2) is 13.1 Å². The van der Waals surface area contributed by atoms with Crippen LogP contribution in [-0.2, 0) is 20.2 Å². The third-order valence-electron chi connectivity index (χ3n) is 6.60. The number of aromatic nitrogens is 2. The van der Waals surface area contributed by atoms with Crippen LogP contribution in [0, 0.1) is 0 Å². The molecule has 0 spiro atoms.